The van der Waals surface area contributed by atoms with Gasteiger partial charge < -0.3 is 28.8 Å². The highest BCUT2D eigenvalue weighted by molar-refractivity contribution is 5.70. The Morgan fingerprint density at radius 1 is 0.675 bits per heavy atom. The van der Waals surface area contributed by atoms with Gasteiger partial charge in [0.1, 0.15) is 6.61 Å². The molecule has 0 spiro atoms. The SMILES string of the molecule is CCCCCCCCCCCC(=O)O[C@@H]1[C@@H](OC(=O)CCCCCCCCCCC)CO[C@@H]1C1(CO)OCCO1. The Bertz CT molecular complexity index is 663. The number of carbonyl (C=O) groups excluding carboxylic acids is 2. The van der Waals surface area contributed by atoms with Crippen LogP contribution in [0.1, 0.15) is 142 Å². The lowest BCUT2D eigenvalue weighted by Gasteiger charge is -2.34. The summed E-state index contributed by atoms with van der Waals surface area (Å²) in [5.74, 6) is -2.08. The number of hydrogen-bond donors (Lipinski definition) is 1. The molecule has 0 aromatic carbocycles. The van der Waals surface area contributed by atoms with Crippen molar-refractivity contribution >= 4 is 11.9 Å². The summed E-state index contributed by atoms with van der Waals surface area (Å²) >= 11 is 0. The van der Waals surface area contributed by atoms with Crippen LogP contribution < -0.4 is 0 Å². The fourth-order valence-electron chi connectivity index (χ4n) is 5.61. The van der Waals surface area contributed by atoms with Crippen LogP contribution in [-0.4, -0.2) is 67.6 Å². The molecule has 2 heterocycles. The maximum absolute atomic E-state index is 12.8. The lowest BCUT2D eigenvalue weighted by atomic mass is 10.0. The zero-order valence-corrected chi connectivity index (χ0v) is 25.5. The van der Waals surface area contributed by atoms with E-state index < -0.39 is 30.7 Å². The molecule has 0 aliphatic carbocycles. The van der Waals surface area contributed by atoms with Crippen molar-refractivity contribution in [1.82, 2.24) is 0 Å². The number of aliphatic hydroxyl groups excluding tert-OH is 1. The van der Waals surface area contributed by atoms with E-state index in [2.05, 4.69) is 13.8 Å². The summed E-state index contributed by atoms with van der Waals surface area (Å²) in [5.41, 5.74) is 0. The molecule has 3 atom stereocenters. The monoisotopic (exact) mass is 570 g/mol. The van der Waals surface area contributed by atoms with E-state index in [1.165, 1.54) is 77.0 Å². The molecular formula is C32H58O8. The molecule has 0 aromatic heterocycles. The lowest BCUT2D eigenvalue weighted by molar-refractivity contribution is -0.257. The second-order valence-corrected chi connectivity index (χ2v) is 11.6. The molecule has 8 nitrogen and oxygen atoms in total. The van der Waals surface area contributed by atoms with Crippen molar-refractivity contribution in [3.63, 3.8) is 0 Å². The molecule has 0 radical (unpaired) electrons. The molecule has 2 fully saturated rings. The van der Waals surface area contributed by atoms with Gasteiger partial charge in [0.2, 0.25) is 5.79 Å². The number of carbonyl (C=O) groups is 2. The van der Waals surface area contributed by atoms with Crippen molar-refractivity contribution in [1.29, 1.82) is 0 Å². The predicted octanol–water partition coefficient (Wildman–Crippen LogP) is 6.79. The highest BCUT2D eigenvalue weighted by Gasteiger charge is 2.57. The van der Waals surface area contributed by atoms with Gasteiger partial charge in [-0.2, -0.15) is 0 Å². The smallest absolute Gasteiger partial charge is 0.306 e. The summed E-state index contributed by atoms with van der Waals surface area (Å²) in [5, 5.41) is 10.1. The standard InChI is InChI=1S/C32H58O8/c1-3-5-7-9-11-13-15-17-19-21-28(34)39-27-25-36-31(32(26-33)37-23-24-38-32)30(27)40-29(35)22-20-18-16-14-12-10-8-6-4-2/h27,30-31,33H,3-26H2,1-2H3/t27-,30+,31-/m0/s1. The molecule has 0 unspecified atom stereocenters. The lowest BCUT2D eigenvalue weighted by Crippen LogP contribution is -2.54. The summed E-state index contributed by atoms with van der Waals surface area (Å²) in [6, 6.07) is 0. The van der Waals surface area contributed by atoms with Gasteiger partial charge >= 0.3 is 11.9 Å². The molecule has 2 rings (SSSR count). The topological polar surface area (TPSA) is 101 Å². The van der Waals surface area contributed by atoms with Gasteiger partial charge in [-0.25, -0.2) is 0 Å². The molecular weight excluding hydrogens is 512 g/mol. The van der Waals surface area contributed by atoms with Crippen LogP contribution in [-0.2, 0) is 33.3 Å². The Morgan fingerprint density at radius 2 is 1.10 bits per heavy atom. The van der Waals surface area contributed by atoms with E-state index >= 15 is 0 Å². The molecule has 40 heavy (non-hydrogen) atoms. The summed E-state index contributed by atoms with van der Waals surface area (Å²) in [4.78, 5) is 25.4. The van der Waals surface area contributed by atoms with Crippen LogP contribution >= 0.6 is 0 Å². The Morgan fingerprint density at radius 3 is 1.55 bits per heavy atom. The summed E-state index contributed by atoms with van der Waals surface area (Å²) in [7, 11) is 0. The third-order valence-electron chi connectivity index (χ3n) is 8.05. The van der Waals surface area contributed by atoms with E-state index in [-0.39, 0.29) is 18.5 Å². The van der Waals surface area contributed by atoms with E-state index in [1.807, 2.05) is 0 Å². The van der Waals surface area contributed by atoms with Gasteiger partial charge in [-0.05, 0) is 12.8 Å². The Kier molecular flexibility index (Phi) is 18.8. The van der Waals surface area contributed by atoms with Crippen molar-refractivity contribution < 1.29 is 38.4 Å². The molecule has 0 aromatic rings. The third-order valence-corrected chi connectivity index (χ3v) is 8.05. The Labute approximate surface area is 243 Å². The zero-order chi connectivity index (χ0) is 28.9. The van der Waals surface area contributed by atoms with Gasteiger partial charge in [0.25, 0.3) is 0 Å². The van der Waals surface area contributed by atoms with Crippen molar-refractivity contribution in [3.8, 4) is 0 Å². The first-order valence-electron chi connectivity index (χ1n) is 16.5. The van der Waals surface area contributed by atoms with Gasteiger partial charge in [-0.1, -0.05) is 117 Å². The quantitative estimate of drug-likeness (QED) is 0.100. The van der Waals surface area contributed by atoms with Crippen LogP contribution in [0, 0.1) is 0 Å². The number of hydrogen-bond acceptors (Lipinski definition) is 8. The van der Waals surface area contributed by atoms with Crippen molar-refractivity contribution in [2.75, 3.05) is 26.4 Å². The van der Waals surface area contributed by atoms with Crippen molar-refractivity contribution in [2.24, 2.45) is 0 Å². The molecule has 2 aliphatic heterocycles. The zero-order valence-electron chi connectivity index (χ0n) is 25.5. The van der Waals surface area contributed by atoms with Crippen LogP contribution in [0.25, 0.3) is 0 Å². The van der Waals surface area contributed by atoms with Crippen LogP contribution in [0.2, 0.25) is 0 Å². The fourth-order valence-corrected chi connectivity index (χ4v) is 5.61. The number of unbranched alkanes of at least 4 members (excludes halogenated alkanes) is 16. The maximum atomic E-state index is 12.8. The number of rotatable bonds is 24. The van der Waals surface area contributed by atoms with Gasteiger partial charge in [0, 0.05) is 12.8 Å². The molecule has 0 bridgehead atoms. The summed E-state index contributed by atoms with van der Waals surface area (Å²) in [6.45, 7) is 4.69. The van der Waals surface area contributed by atoms with Gasteiger partial charge in [0.05, 0.1) is 19.8 Å². The van der Waals surface area contributed by atoms with Gasteiger partial charge in [-0.3, -0.25) is 9.59 Å². The Balaban J connectivity index is 1.76. The normalized spacial score (nSPS) is 22.0. The fraction of sp³-hybridized carbons (Fsp3) is 0.938. The highest BCUT2D eigenvalue weighted by Crippen LogP contribution is 2.35. The minimum atomic E-state index is -1.42. The van der Waals surface area contributed by atoms with Gasteiger partial charge in [-0.15, -0.1) is 0 Å². The second-order valence-electron chi connectivity index (χ2n) is 11.6. The van der Waals surface area contributed by atoms with Crippen LogP contribution in [0.15, 0.2) is 0 Å². The minimum absolute atomic E-state index is 0.0681. The average Bonchev–Trinajstić information content (AvgIpc) is 3.59. The molecule has 0 saturated carbocycles. The number of esters is 2. The number of ether oxygens (including phenoxy) is 5. The van der Waals surface area contributed by atoms with E-state index in [0.717, 1.165) is 38.5 Å². The van der Waals surface area contributed by atoms with Gasteiger partial charge in [0.15, 0.2) is 18.3 Å². The van der Waals surface area contributed by atoms with Crippen molar-refractivity contribution in [3.05, 3.63) is 0 Å². The summed E-state index contributed by atoms with van der Waals surface area (Å²) in [6.07, 6.45) is 19.1. The number of aliphatic hydroxyl groups is 1. The largest absolute Gasteiger partial charge is 0.456 e. The highest BCUT2D eigenvalue weighted by atomic mass is 16.8. The minimum Gasteiger partial charge on any atom is -0.456 e. The first-order chi connectivity index (χ1) is 19.6. The first kappa shape index (κ1) is 35.0. The summed E-state index contributed by atoms with van der Waals surface area (Å²) < 4.78 is 28.9. The maximum Gasteiger partial charge on any atom is 0.306 e. The van der Waals surface area contributed by atoms with E-state index in [1.54, 1.807) is 0 Å². The Hall–Kier alpha value is -1.22. The van der Waals surface area contributed by atoms with E-state index in [4.69, 9.17) is 23.7 Å². The van der Waals surface area contributed by atoms with E-state index in [0.29, 0.717) is 26.1 Å². The second kappa shape index (κ2) is 21.5. The van der Waals surface area contributed by atoms with Crippen molar-refractivity contribution in [2.45, 2.75) is 166 Å². The molecule has 1 N–H and O–H groups in total. The van der Waals surface area contributed by atoms with Crippen LogP contribution in [0.3, 0.4) is 0 Å². The third kappa shape index (κ3) is 13.2. The first-order valence-corrected chi connectivity index (χ1v) is 16.5. The predicted molar refractivity (Wildman–Crippen MR) is 155 cm³/mol. The van der Waals surface area contributed by atoms with E-state index in [9.17, 15) is 14.7 Å². The van der Waals surface area contributed by atoms with Crippen LogP contribution in [0.4, 0.5) is 0 Å². The molecule has 234 valence electrons. The molecule has 2 aliphatic rings. The molecule has 8 heteroatoms. The average molecular weight is 571 g/mol. The van der Waals surface area contributed by atoms with Crippen LogP contribution in [0.5, 0.6) is 0 Å². The molecule has 0 amide bonds. The molecule has 2 saturated heterocycles.